The number of furan rings is 1. The van der Waals surface area contributed by atoms with E-state index in [-0.39, 0.29) is 29.7 Å². The molecular formula is C18H11ClO. The molecule has 1 heterocycles. The molecule has 0 aliphatic heterocycles. The van der Waals surface area contributed by atoms with Gasteiger partial charge in [0.1, 0.15) is 11.2 Å². The van der Waals surface area contributed by atoms with E-state index in [0.29, 0.717) is 27.1 Å². The van der Waals surface area contributed by atoms with Crippen LogP contribution in [0.5, 0.6) is 0 Å². The third-order valence-corrected chi connectivity index (χ3v) is 3.46. The van der Waals surface area contributed by atoms with Crippen LogP contribution in [0.25, 0.3) is 33.1 Å². The van der Waals surface area contributed by atoms with Gasteiger partial charge >= 0.3 is 0 Å². The molecule has 96 valence electrons. The van der Waals surface area contributed by atoms with Crippen molar-refractivity contribution in [2.75, 3.05) is 0 Å². The molecule has 0 unspecified atom stereocenters. The van der Waals surface area contributed by atoms with Gasteiger partial charge in [-0.3, -0.25) is 0 Å². The molecular weight excluding hydrogens is 268 g/mol. The summed E-state index contributed by atoms with van der Waals surface area (Å²) in [5.41, 5.74) is 1.87. The lowest BCUT2D eigenvalue weighted by atomic mass is 10.00. The van der Waals surface area contributed by atoms with E-state index in [0.717, 1.165) is 5.39 Å². The van der Waals surface area contributed by atoms with E-state index in [4.69, 9.17) is 22.9 Å². The lowest BCUT2D eigenvalue weighted by Crippen LogP contribution is -1.78. The Labute approximate surface area is 128 Å². The third-order valence-electron chi connectivity index (χ3n) is 3.23. The number of fused-ring (bicyclic) bond motifs is 3. The molecule has 0 radical (unpaired) electrons. The average Bonchev–Trinajstić information content (AvgIpc) is 2.97. The van der Waals surface area contributed by atoms with Crippen molar-refractivity contribution in [3.8, 4) is 11.1 Å². The van der Waals surface area contributed by atoms with E-state index in [1.54, 1.807) is 36.4 Å². The SMILES string of the molecule is [2H]c1c([2H])c([2H])c(-c2cccc3oc4ccc(Cl)cc4c23)c([2H])c1[2H]. The van der Waals surface area contributed by atoms with E-state index >= 15 is 0 Å². The van der Waals surface area contributed by atoms with Gasteiger partial charge in [0.2, 0.25) is 0 Å². The Morgan fingerprint density at radius 2 is 1.80 bits per heavy atom. The standard InChI is InChI=1S/C18H11ClO/c19-13-9-10-16-15(11-13)18-14(7-4-8-17(18)20-16)12-5-2-1-3-6-12/h1-11H/i1D,2D,3D,5D,6D. The van der Waals surface area contributed by atoms with Gasteiger partial charge in [0.15, 0.2) is 0 Å². The smallest absolute Gasteiger partial charge is 0.136 e. The van der Waals surface area contributed by atoms with Crippen LogP contribution in [0.2, 0.25) is 5.02 Å². The van der Waals surface area contributed by atoms with E-state index in [1.807, 2.05) is 0 Å². The third kappa shape index (κ3) is 1.71. The van der Waals surface area contributed by atoms with Gasteiger partial charge in [-0.15, -0.1) is 0 Å². The van der Waals surface area contributed by atoms with E-state index in [1.165, 1.54) is 0 Å². The summed E-state index contributed by atoms with van der Waals surface area (Å²) in [4.78, 5) is 0. The maximum Gasteiger partial charge on any atom is 0.136 e. The predicted octanol–water partition coefficient (Wildman–Crippen LogP) is 5.91. The van der Waals surface area contributed by atoms with Gasteiger partial charge in [-0.25, -0.2) is 0 Å². The molecule has 0 spiro atoms. The lowest BCUT2D eigenvalue weighted by molar-refractivity contribution is 0.669. The molecule has 0 bridgehead atoms. The maximum absolute atomic E-state index is 8.22. The van der Waals surface area contributed by atoms with Gasteiger partial charge in [0, 0.05) is 15.8 Å². The largest absolute Gasteiger partial charge is 0.456 e. The van der Waals surface area contributed by atoms with Crippen molar-refractivity contribution in [2.24, 2.45) is 0 Å². The molecule has 1 nitrogen and oxygen atoms in total. The number of halogens is 1. The van der Waals surface area contributed by atoms with Crippen molar-refractivity contribution in [1.29, 1.82) is 0 Å². The summed E-state index contributed by atoms with van der Waals surface area (Å²) in [5.74, 6) is 0. The quantitative estimate of drug-likeness (QED) is 0.423. The Bertz CT molecular complexity index is 1140. The summed E-state index contributed by atoms with van der Waals surface area (Å²) < 4.78 is 45.8. The molecule has 0 aliphatic rings. The van der Waals surface area contributed by atoms with E-state index in [9.17, 15) is 0 Å². The van der Waals surface area contributed by atoms with Gasteiger partial charge in [-0.05, 0) is 35.4 Å². The molecule has 0 aliphatic carbocycles. The number of hydrogen-bond acceptors (Lipinski definition) is 1. The minimum absolute atomic E-state index is 0.152. The Balaban J connectivity index is 2.20. The second kappa shape index (κ2) is 4.39. The van der Waals surface area contributed by atoms with Crippen molar-refractivity contribution < 1.29 is 11.3 Å². The van der Waals surface area contributed by atoms with Crippen LogP contribution in [0.1, 0.15) is 6.85 Å². The number of rotatable bonds is 1. The molecule has 0 fully saturated rings. The molecule has 0 atom stereocenters. The van der Waals surface area contributed by atoms with Crippen molar-refractivity contribution in [2.45, 2.75) is 0 Å². The fourth-order valence-electron chi connectivity index (χ4n) is 2.39. The van der Waals surface area contributed by atoms with E-state index in [2.05, 4.69) is 0 Å². The highest BCUT2D eigenvalue weighted by Crippen LogP contribution is 2.37. The highest BCUT2D eigenvalue weighted by atomic mass is 35.5. The van der Waals surface area contributed by atoms with Crippen molar-refractivity contribution in [1.82, 2.24) is 0 Å². The second-order valence-corrected chi connectivity index (χ2v) is 4.86. The van der Waals surface area contributed by atoms with Gasteiger partial charge < -0.3 is 4.42 Å². The topological polar surface area (TPSA) is 13.1 Å². The minimum Gasteiger partial charge on any atom is -0.456 e. The van der Waals surface area contributed by atoms with Gasteiger partial charge in [-0.1, -0.05) is 53.9 Å². The van der Waals surface area contributed by atoms with Crippen LogP contribution in [0, 0.1) is 0 Å². The summed E-state index contributed by atoms with van der Waals surface area (Å²) in [6.07, 6.45) is 0. The first-order chi connectivity index (χ1) is 11.9. The summed E-state index contributed by atoms with van der Waals surface area (Å²) in [5, 5.41) is 1.95. The first kappa shape index (κ1) is 7.51. The summed E-state index contributed by atoms with van der Waals surface area (Å²) >= 11 is 6.11. The monoisotopic (exact) mass is 283 g/mol. The van der Waals surface area contributed by atoms with Gasteiger partial charge in [0.25, 0.3) is 0 Å². The highest BCUT2D eigenvalue weighted by molar-refractivity contribution is 6.32. The van der Waals surface area contributed by atoms with Crippen LogP contribution in [0.4, 0.5) is 0 Å². The number of hydrogen-bond donors (Lipinski definition) is 0. The molecule has 20 heavy (non-hydrogen) atoms. The first-order valence-corrected chi connectivity index (χ1v) is 6.46. The maximum atomic E-state index is 8.22. The molecule has 4 rings (SSSR count). The molecule has 0 saturated carbocycles. The van der Waals surface area contributed by atoms with Crippen LogP contribution in [-0.4, -0.2) is 0 Å². The molecule has 3 aromatic carbocycles. The lowest BCUT2D eigenvalue weighted by Gasteiger charge is -2.03. The van der Waals surface area contributed by atoms with Crippen molar-refractivity contribution in [3.63, 3.8) is 0 Å². The van der Waals surface area contributed by atoms with Crippen molar-refractivity contribution >= 4 is 33.5 Å². The Morgan fingerprint density at radius 3 is 2.65 bits per heavy atom. The molecule has 4 aromatic rings. The summed E-state index contributed by atoms with van der Waals surface area (Å²) in [6, 6.07) is 8.85. The normalized spacial score (nSPS) is 14.8. The fourth-order valence-corrected chi connectivity index (χ4v) is 2.56. The summed E-state index contributed by atoms with van der Waals surface area (Å²) in [6.45, 7) is 0. The zero-order valence-electron chi connectivity index (χ0n) is 15.3. The first-order valence-electron chi connectivity index (χ1n) is 8.58. The predicted molar refractivity (Wildman–Crippen MR) is 84.2 cm³/mol. The van der Waals surface area contributed by atoms with Crippen LogP contribution in [0.15, 0.2) is 71.0 Å². The van der Waals surface area contributed by atoms with Crippen LogP contribution in [-0.2, 0) is 0 Å². The van der Waals surface area contributed by atoms with Gasteiger partial charge in [-0.2, -0.15) is 0 Å². The Kier molecular flexibility index (Phi) is 1.65. The second-order valence-electron chi connectivity index (χ2n) is 4.42. The van der Waals surface area contributed by atoms with Crippen LogP contribution < -0.4 is 0 Å². The molecule has 2 heteroatoms. The zero-order chi connectivity index (χ0) is 17.9. The van der Waals surface area contributed by atoms with Crippen LogP contribution in [0.3, 0.4) is 0 Å². The molecule has 0 amide bonds. The van der Waals surface area contributed by atoms with Crippen LogP contribution >= 0.6 is 11.6 Å². The molecule has 0 N–H and O–H groups in total. The Morgan fingerprint density at radius 1 is 0.950 bits per heavy atom. The number of benzene rings is 3. The minimum atomic E-state index is -0.411. The van der Waals surface area contributed by atoms with Gasteiger partial charge in [0.05, 0.1) is 6.85 Å². The molecule has 1 aromatic heterocycles. The van der Waals surface area contributed by atoms with Crippen molar-refractivity contribution in [3.05, 3.63) is 71.6 Å². The average molecular weight is 284 g/mol. The fraction of sp³-hybridized carbons (Fsp3) is 0. The summed E-state index contributed by atoms with van der Waals surface area (Å²) in [7, 11) is 0. The zero-order valence-corrected chi connectivity index (χ0v) is 11.0. The molecule has 0 saturated heterocycles. The van der Waals surface area contributed by atoms with E-state index < -0.39 is 6.04 Å². The Hall–Kier alpha value is -2.25. The highest BCUT2D eigenvalue weighted by Gasteiger charge is 2.12.